The van der Waals surface area contributed by atoms with E-state index in [0.29, 0.717) is 19.1 Å². The molecule has 0 saturated carbocycles. The van der Waals surface area contributed by atoms with E-state index in [1.165, 1.54) is 7.11 Å². The summed E-state index contributed by atoms with van der Waals surface area (Å²) < 4.78 is 9.97. The van der Waals surface area contributed by atoms with Crippen molar-refractivity contribution in [3.05, 3.63) is 48.0 Å². The maximum Gasteiger partial charge on any atom is 0.411 e. The topological polar surface area (TPSA) is 72.9 Å². The van der Waals surface area contributed by atoms with Crippen molar-refractivity contribution in [1.82, 2.24) is 4.90 Å². The van der Waals surface area contributed by atoms with Gasteiger partial charge in [0, 0.05) is 0 Å². The van der Waals surface area contributed by atoms with Gasteiger partial charge in [0.15, 0.2) is 0 Å². The van der Waals surface area contributed by atoms with Gasteiger partial charge in [0.25, 0.3) is 0 Å². The number of carbonyl (C=O) groups is 3. The molecule has 6 nitrogen and oxygen atoms in total. The molecule has 0 aromatic heterocycles. The molecule has 1 aromatic rings. The molecule has 0 radical (unpaired) electrons. The number of hydrogen-bond acceptors (Lipinski definition) is 5. The lowest BCUT2D eigenvalue weighted by Gasteiger charge is -2.27. The summed E-state index contributed by atoms with van der Waals surface area (Å²) in [6.07, 6.45) is 0.667. The molecule has 0 aliphatic heterocycles. The van der Waals surface area contributed by atoms with Crippen LogP contribution >= 0.6 is 0 Å². The van der Waals surface area contributed by atoms with Crippen molar-refractivity contribution in [2.24, 2.45) is 0 Å². The molecule has 24 heavy (non-hydrogen) atoms. The van der Waals surface area contributed by atoms with Crippen molar-refractivity contribution in [3.63, 3.8) is 0 Å². The maximum absolute atomic E-state index is 12.3. The van der Waals surface area contributed by atoms with Gasteiger partial charge < -0.3 is 14.3 Å². The first-order chi connectivity index (χ1) is 11.5. The van der Waals surface area contributed by atoms with Gasteiger partial charge in [-0.05, 0) is 25.3 Å². The molecule has 0 saturated heterocycles. The lowest BCUT2D eigenvalue weighted by Crippen LogP contribution is -2.46. The van der Waals surface area contributed by atoms with Gasteiger partial charge in [-0.3, -0.25) is 4.90 Å². The Morgan fingerprint density at radius 3 is 2.50 bits per heavy atom. The van der Waals surface area contributed by atoms with Crippen molar-refractivity contribution < 1.29 is 23.9 Å². The Hall–Kier alpha value is -2.63. The van der Waals surface area contributed by atoms with Crippen molar-refractivity contribution in [2.75, 3.05) is 13.7 Å². The fourth-order valence-corrected chi connectivity index (χ4v) is 2.13. The molecule has 0 heterocycles. The number of allylic oxidation sites excluding steroid dienone is 1. The van der Waals surface area contributed by atoms with Crippen LogP contribution in [0.2, 0.25) is 0 Å². The Kier molecular flexibility index (Phi) is 8.25. The van der Waals surface area contributed by atoms with E-state index in [4.69, 9.17) is 9.47 Å². The second kappa shape index (κ2) is 10.2. The number of rotatable bonds is 9. The Labute approximate surface area is 142 Å². The van der Waals surface area contributed by atoms with Gasteiger partial charge in [0.05, 0.1) is 13.7 Å². The number of ether oxygens (including phenoxy) is 2. The van der Waals surface area contributed by atoms with E-state index in [1.807, 2.05) is 37.3 Å². The highest BCUT2D eigenvalue weighted by molar-refractivity contribution is 5.82. The molecule has 130 valence electrons. The van der Waals surface area contributed by atoms with Gasteiger partial charge in [-0.1, -0.05) is 35.9 Å². The molecular formula is C18H23NO5. The highest BCUT2D eigenvalue weighted by Gasteiger charge is 2.31. The molecule has 0 N–H and O–H groups in total. The summed E-state index contributed by atoms with van der Waals surface area (Å²) in [4.78, 5) is 36.3. The number of amides is 1. The minimum absolute atomic E-state index is 0.0589. The highest BCUT2D eigenvalue weighted by atomic mass is 16.6. The monoisotopic (exact) mass is 333 g/mol. The molecule has 0 aliphatic rings. The van der Waals surface area contributed by atoms with Crippen LogP contribution < -0.4 is 0 Å². The van der Waals surface area contributed by atoms with Gasteiger partial charge in [-0.15, -0.1) is 6.58 Å². The molecule has 0 fully saturated rings. The third-order valence-electron chi connectivity index (χ3n) is 3.40. The molecule has 0 bridgehead atoms. The summed E-state index contributed by atoms with van der Waals surface area (Å²) in [6.45, 7) is 5.42. The summed E-state index contributed by atoms with van der Waals surface area (Å²) in [6, 6.07) is 8.26. The fourth-order valence-electron chi connectivity index (χ4n) is 2.13. The Bertz CT molecular complexity index is 570. The first-order valence-corrected chi connectivity index (χ1v) is 7.62. The van der Waals surface area contributed by atoms with Crippen molar-refractivity contribution in [2.45, 2.75) is 32.4 Å². The zero-order valence-electron chi connectivity index (χ0n) is 14.1. The number of nitrogens with zero attached hydrogens (tertiary/aromatic N) is 1. The predicted octanol–water partition coefficient (Wildman–Crippen LogP) is 2.72. The zero-order chi connectivity index (χ0) is 17.9. The van der Waals surface area contributed by atoms with Gasteiger partial charge in [-0.25, -0.2) is 9.59 Å². The molecule has 1 aromatic carbocycles. The second-order valence-electron chi connectivity index (χ2n) is 5.39. The van der Waals surface area contributed by atoms with Crippen LogP contribution in [0.15, 0.2) is 42.5 Å². The molecule has 1 atom stereocenters. The minimum Gasteiger partial charge on any atom is -0.467 e. The number of esters is 1. The van der Waals surface area contributed by atoms with Crippen LogP contribution in [0, 0.1) is 0 Å². The van der Waals surface area contributed by atoms with E-state index in [-0.39, 0.29) is 13.2 Å². The lowest BCUT2D eigenvalue weighted by molar-refractivity contribution is -0.146. The summed E-state index contributed by atoms with van der Waals surface area (Å²) in [7, 11) is 1.24. The number of methoxy groups -OCH3 is 1. The third kappa shape index (κ3) is 6.24. The van der Waals surface area contributed by atoms with Gasteiger partial charge in [0.1, 0.15) is 18.9 Å². The largest absolute Gasteiger partial charge is 0.467 e. The third-order valence-corrected chi connectivity index (χ3v) is 3.40. The molecule has 1 amide bonds. The average Bonchev–Trinajstić information content (AvgIpc) is 2.59. The minimum atomic E-state index is -0.889. The zero-order valence-corrected chi connectivity index (χ0v) is 14.1. The van der Waals surface area contributed by atoms with E-state index in [0.717, 1.165) is 16.0 Å². The van der Waals surface area contributed by atoms with Crippen LogP contribution in [0.25, 0.3) is 0 Å². The number of aldehydes is 1. The summed E-state index contributed by atoms with van der Waals surface area (Å²) in [5, 5.41) is 0. The van der Waals surface area contributed by atoms with Crippen LogP contribution in [-0.2, 0) is 25.7 Å². The SMILES string of the molecule is C=C(C)CCC(C(=O)OC)N(CC=O)C(=O)OCc1ccccc1. The summed E-state index contributed by atoms with van der Waals surface area (Å²) in [5.41, 5.74) is 1.68. The first kappa shape index (κ1) is 19.4. The van der Waals surface area contributed by atoms with Gasteiger partial charge in [0.2, 0.25) is 0 Å². The van der Waals surface area contributed by atoms with Crippen molar-refractivity contribution >= 4 is 18.3 Å². The smallest absolute Gasteiger partial charge is 0.411 e. The molecular weight excluding hydrogens is 310 g/mol. The van der Waals surface area contributed by atoms with Crippen molar-refractivity contribution in [3.8, 4) is 0 Å². The molecule has 1 rings (SSSR count). The van der Waals surface area contributed by atoms with Crippen LogP contribution in [0.3, 0.4) is 0 Å². The van der Waals surface area contributed by atoms with Crippen LogP contribution in [-0.4, -0.2) is 42.9 Å². The van der Waals surface area contributed by atoms with Crippen LogP contribution in [0.1, 0.15) is 25.3 Å². The maximum atomic E-state index is 12.3. The molecule has 0 aliphatic carbocycles. The quantitative estimate of drug-likeness (QED) is 0.395. The number of carbonyl (C=O) groups excluding carboxylic acids is 3. The molecule has 6 heteroatoms. The summed E-state index contributed by atoms with van der Waals surface area (Å²) >= 11 is 0. The standard InChI is InChI=1S/C18H23NO5/c1-14(2)9-10-16(17(21)23-3)19(11-12-20)18(22)24-13-15-7-5-4-6-8-15/h4-8,12,16H,1,9-11,13H2,2-3H3. The van der Waals surface area contributed by atoms with E-state index >= 15 is 0 Å². The van der Waals surface area contributed by atoms with Gasteiger partial charge >= 0.3 is 12.1 Å². The number of benzene rings is 1. The molecule has 1 unspecified atom stereocenters. The van der Waals surface area contributed by atoms with Crippen LogP contribution in [0.5, 0.6) is 0 Å². The van der Waals surface area contributed by atoms with E-state index in [1.54, 1.807) is 0 Å². The Morgan fingerprint density at radius 2 is 1.96 bits per heavy atom. The van der Waals surface area contributed by atoms with Crippen LogP contribution in [0.4, 0.5) is 4.79 Å². The Morgan fingerprint density at radius 1 is 1.29 bits per heavy atom. The predicted molar refractivity (Wildman–Crippen MR) is 89.2 cm³/mol. The average molecular weight is 333 g/mol. The highest BCUT2D eigenvalue weighted by Crippen LogP contribution is 2.14. The van der Waals surface area contributed by atoms with E-state index in [2.05, 4.69) is 6.58 Å². The second-order valence-corrected chi connectivity index (χ2v) is 5.39. The Balaban J connectivity index is 2.82. The summed E-state index contributed by atoms with van der Waals surface area (Å²) in [5.74, 6) is -0.588. The first-order valence-electron chi connectivity index (χ1n) is 7.62. The van der Waals surface area contributed by atoms with Gasteiger partial charge in [-0.2, -0.15) is 0 Å². The molecule has 0 spiro atoms. The fraction of sp³-hybridized carbons (Fsp3) is 0.389. The number of hydrogen-bond donors (Lipinski definition) is 0. The van der Waals surface area contributed by atoms with Crippen molar-refractivity contribution in [1.29, 1.82) is 0 Å². The van der Waals surface area contributed by atoms with E-state index < -0.39 is 18.1 Å². The normalized spacial score (nSPS) is 11.2. The van der Waals surface area contributed by atoms with E-state index in [9.17, 15) is 14.4 Å². The lowest BCUT2D eigenvalue weighted by atomic mass is 10.1.